The third-order valence-electron chi connectivity index (χ3n) is 3.09. The van der Waals surface area contributed by atoms with Gasteiger partial charge in [-0.2, -0.15) is 0 Å². The molecule has 0 aliphatic rings. The molecule has 0 saturated carbocycles. The number of nitrogens with one attached hydrogen (secondary N) is 1. The highest BCUT2D eigenvalue weighted by molar-refractivity contribution is 5.81. The summed E-state index contributed by atoms with van der Waals surface area (Å²) in [4.78, 5) is 14.0. The van der Waals surface area contributed by atoms with Crippen molar-refractivity contribution in [3.8, 4) is 0 Å². The van der Waals surface area contributed by atoms with Crippen LogP contribution >= 0.6 is 0 Å². The summed E-state index contributed by atoms with van der Waals surface area (Å²) in [6.45, 7) is 8.96. The number of hydrogen-bond acceptors (Lipinski definition) is 3. The molecular weight excluding hydrogens is 214 g/mol. The number of carbonyl (C=O) groups is 1. The number of likely N-dealkylation sites (N-methyl/N-ethyl adjacent to an activating group) is 1. The lowest BCUT2D eigenvalue weighted by atomic mass is 10.1. The molecule has 0 fully saturated rings. The summed E-state index contributed by atoms with van der Waals surface area (Å²) in [7, 11) is 1.97. The van der Waals surface area contributed by atoms with Gasteiger partial charge in [-0.3, -0.25) is 9.69 Å². The van der Waals surface area contributed by atoms with Gasteiger partial charge in [0.1, 0.15) is 0 Å². The van der Waals surface area contributed by atoms with Crippen LogP contribution in [0.5, 0.6) is 0 Å². The molecule has 1 amide bonds. The van der Waals surface area contributed by atoms with Gasteiger partial charge in [0.25, 0.3) is 0 Å². The molecule has 0 saturated heterocycles. The highest BCUT2D eigenvalue weighted by atomic mass is 16.2. The molecule has 0 heterocycles. The normalized spacial score (nSPS) is 16.6. The molecule has 3 atom stereocenters. The van der Waals surface area contributed by atoms with E-state index in [4.69, 9.17) is 5.73 Å². The zero-order valence-electron chi connectivity index (χ0n) is 12.0. The Morgan fingerprint density at radius 3 is 2.35 bits per heavy atom. The molecule has 0 aromatic rings. The average molecular weight is 243 g/mol. The third kappa shape index (κ3) is 7.34. The predicted molar refractivity (Wildman–Crippen MR) is 72.9 cm³/mol. The van der Waals surface area contributed by atoms with Crippen molar-refractivity contribution in [3.63, 3.8) is 0 Å². The Bertz CT molecular complexity index is 219. The fourth-order valence-corrected chi connectivity index (χ4v) is 1.67. The Kier molecular flexibility index (Phi) is 8.17. The zero-order valence-corrected chi connectivity index (χ0v) is 12.0. The van der Waals surface area contributed by atoms with Crippen LogP contribution < -0.4 is 11.1 Å². The number of carbonyl (C=O) groups excluding carboxylic acids is 1. The first-order chi connectivity index (χ1) is 7.88. The summed E-state index contributed by atoms with van der Waals surface area (Å²) in [5.41, 5.74) is 5.71. The number of hydrogen-bond donors (Lipinski definition) is 2. The van der Waals surface area contributed by atoms with Crippen LogP contribution in [0.1, 0.15) is 47.0 Å². The molecule has 3 unspecified atom stereocenters. The lowest BCUT2D eigenvalue weighted by molar-refractivity contribution is -0.126. The minimum atomic E-state index is -0.0898. The van der Waals surface area contributed by atoms with Gasteiger partial charge in [0.15, 0.2) is 0 Å². The van der Waals surface area contributed by atoms with Gasteiger partial charge in [-0.1, -0.05) is 13.3 Å². The third-order valence-corrected chi connectivity index (χ3v) is 3.09. The van der Waals surface area contributed by atoms with Crippen molar-refractivity contribution < 1.29 is 4.79 Å². The fraction of sp³-hybridized carbons (Fsp3) is 0.923. The van der Waals surface area contributed by atoms with Crippen LogP contribution in [-0.2, 0) is 4.79 Å². The summed E-state index contributed by atoms with van der Waals surface area (Å²) in [6, 6.07) is 0.358. The van der Waals surface area contributed by atoms with Gasteiger partial charge >= 0.3 is 0 Å². The minimum Gasteiger partial charge on any atom is -0.352 e. The highest BCUT2D eigenvalue weighted by Crippen LogP contribution is 2.01. The molecule has 0 bridgehead atoms. The van der Waals surface area contributed by atoms with Crippen molar-refractivity contribution in [2.24, 2.45) is 5.73 Å². The van der Waals surface area contributed by atoms with E-state index in [2.05, 4.69) is 24.1 Å². The summed E-state index contributed by atoms with van der Waals surface area (Å²) in [6.07, 6.45) is 3.04. The van der Waals surface area contributed by atoms with Gasteiger partial charge in [-0.15, -0.1) is 0 Å². The van der Waals surface area contributed by atoms with Crippen LogP contribution in [0.2, 0.25) is 0 Å². The predicted octanol–water partition coefficient (Wildman–Crippen LogP) is 1.35. The molecule has 0 aliphatic carbocycles. The number of rotatable bonds is 8. The Balaban J connectivity index is 4.02. The molecule has 0 aromatic carbocycles. The van der Waals surface area contributed by atoms with E-state index in [1.54, 1.807) is 0 Å². The molecule has 0 spiro atoms. The summed E-state index contributed by atoms with van der Waals surface area (Å²) in [5, 5.41) is 3.04. The maximum absolute atomic E-state index is 11.9. The second-order valence-corrected chi connectivity index (χ2v) is 5.12. The molecule has 0 aliphatic heterocycles. The Morgan fingerprint density at radius 1 is 1.29 bits per heavy atom. The first-order valence-corrected chi connectivity index (χ1v) is 6.64. The van der Waals surface area contributed by atoms with E-state index in [0.717, 1.165) is 25.8 Å². The van der Waals surface area contributed by atoms with Gasteiger partial charge in [0.05, 0.1) is 6.04 Å². The van der Waals surface area contributed by atoms with Gasteiger partial charge in [0, 0.05) is 18.6 Å². The number of nitrogens with two attached hydrogens (primary N) is 1. The van der Waals surface area contributed by atoms with Crippen molar-refractivity contribution in [3.05, 3.63) is 0 Å². The van der Waals surface area contributed by atoms with Gasteiger partial charge in [-0.25, -0.2) is 0 Å². The summed E-state index contributed by atoms with van der Waals surface area (Å²) < 4.78 is 0. The van der Waals surface area contributed by atoms with Gasteiger partial charge in [-0.05, 0) is 40.7 Å². The molecule has 0 rings (SSSR count). The monoisotopic (exact) mass is 243 g/mol. The largest absolute Gasteiger partial charge is 0.352 e. The number of amides is 1. The quantitative estimate of drug-likeness (QED) is 0.676. The molecule has 0 radical (unpaired) electrons. The Morgan fingerprint density at radius 2 is 1.88 bits per heavy atom. The van der Waals surface area contributed by atoms with Crippen molar-refractivity contribution in [2.45, 2.75) is 65.1 Å². The fourth-order valence-electron chi connectivity index (χ4n) is 1.67. The van der Waals surface area contributed by atoms with Crippen LogP contribution in [-0.4, -0.2) is 42.5 Å². The summed E-state index contributed by atoms with van der Waals surface area (Å²) >= 11 is 0. The molecule has 17 heavy (non-hydrogen) atoms. The molecule has 102 valence electrons. The average Bonchev–Trinajstić information content (AvgIpc) is 2.24. The number of nitrogens with zero attached hydrogens (tertiary/aromatic N) is 1. The molecular formula is C13H29N3O. The van der Waals surface area contributed by atoms with Crippen molar-refractivity contribution in [1.82, 2.24) is 10.2 Å². The lowest BCUT2D eigenvalue weighted by Gasteiger charge is -2.26. The molecule has 4 nitrogen and oxygen atoms in total. The SMILES string of the molecule is CCCC(C)NC(=O)C(C)N(C)CCC(C)N. The maximum atomic E-state index is 11.9. The molecule has 3 N–H and O–H groups in total. The highest BCUT2D eigenvalue weighted by Gasteiger charge is 2.19. The molecule has 4 heteroatoms. The second-order valence-electron chi connectivity index (χ2n) is 5.12. The van der Waals surface area contributed by atoms with Crippen LogP contribution in [0.15, 0.2) is 0 Å². The van der Waals surface area contributed by atoms with E-state index < -0.39 is 0 Å². The topological polar surface area (TPSA) is 58.4 Å². The van der Waals surface area contributed by atoms with Crippen molar-refractivity contribution in [1.29, 1.82) is 0 Å². The van der Waals surface area contributed by atoms with Crippen LogP contribution in [0.3, 0.4) is 0 Å². The van der Waals surface area contributed by atoms with E-state index in [9.17, 15) is 4.79 Å². The zero-order chi connectivity index (χ0) is 13.4. The van der Waals surface area contributed by atoms with E-state index in [-0.39, 0.29) is 24.0 Å². The minimum absolute atomic E-state index is 0.0898. The van der Waals surface area contributed by atoms with Gasteiger partial charge < -0.3 is 11.1 Å². The van der Waals surface area contributed by atoms with E-state index >= 15 is 0 Å². The first kappa shape index (κ1) is 16.4. The lowest BCUT2D eigenvalue weighted by Crippen LogP contribution is -2.46. The van der Waals surface area contributed by atoms with Crippen LogP contribution in [0.4, 0.5) is 0 Å². The maximum Gasteiger partial charge on any atom is 0.237 e. The van der Waals surface area contributed by atoms with E-state index in [1.807, 2.05) is 20.9 Å². The van der Waals surface area contributed by atoms with Crippen LogP contribution in [0, 0.1) is 0 Å². The smallest absolute Gasteiger partial charge is 0.237 e. The first-order valence-electron chi connectivity index (χ1n) is 6.64. The van der Waals surface area contributed by atoms with Gasteiger partial charge in [0.2, 0.25) is 5.91 Å². The standard InChI is InChI=1S/C13H29N3O/c1-6-7-11(3)15-13(17)12(4)16(5)9-8-10(2)14/h10-12H,6-9,14H2,1-5H3,(H,15,17). The second kappa shape index (κ2) is 8.48. The summed E-state index contributed by atoms with van der Waals surface area (Å²) in [5.74, 6) is 0.109. The Hall–Kier alpha value is -0.610. The van der Waals surface area contributed by atoms with Crippen molar-refractivity contribution in [2.75, 3.05) is 13.6 Å². The molecule has 0 aromatic heterocycles. The van der Waals surface area contributed by atoms with E-state index in [1.165, 1.54) is 0 Å². The van der Waals surface area contributed by atoms with Crippen LogP contribution in [0.25, 0.3) is 0 Å². The van der Waals surface area contributed by atoms with E-state index in [0.29, 0.717) is 0 Å². The van der Waals surface area contributed by atoms with Crippen molar-refractivity contribution >= 4 is 5.91 Å². The Labute approximate surface area is 106 Å².